The van der Waals surface area contributed by atoms with Gasteiger partial charge in [-0.05, 0) is 31.4 Å². The molecule has 0 bridgehead atoms. The van der Waals surface area contributed by atoms with Gasteiger partial charge in [0.05, 0.1) is 19.8 Å². The fraction of sp³-hybridized carbons (Fsp3) is 0.333. The summed E-state index contributed by atoms with van der Waals surface area (Å²) in [5.41, 5.74) is 2.04. The molecule has 2 aromatic carbocycles. The largest absolute Gasteiger partial charge is 0.497 e. The number of hydrogen-bond acceptors (Lipinski definition) is 5. The zero-order valence-electron chi connectivity index (χ0n) is 17.0. The molecule has 1 saturated heterocycles. The SMILES string of the molecule is COc1ccc2c(CC(=O)O[C@H](C(=O)N3CCCCC3)c3ccccc3)coc2c1. The van der Waals surface area contributed by atoms with E-state index in [1.54, 1.807) is 24.3 Å². The van der Waals surface area contributed by atoms with Crippen molar-refractivity contribution in [2.24, 2.45) is 0 Å². The van der Waals surface area contributed by atoms with Crippen LogP contribution in [0.2, 0.25) is 0 Å². The molecule has 1 fully saturated rings. The summed E-state index contributed by atoms with van der Waals surface area (Å²) >= 11 is 0. The van der Waals surface area contributed by atoms with E-state index in [2.05, 4.69) is 0 Å². The molecule has 6 nitrogen and oxygen atoms in total. The Morgan fingerprint density at radius 1 is 1.07 bits per heavy atom. The molecule has 4 rings (SSSR count). The first-order valence-corrected chi connectivity index (χ1v) is 10.2. The maximum Gasteiger partial charge on any atom is 0.311 e. The topological polar surface area (TPSA) is 69.0 Å². The minimum Gasteiger partial charge on any atom is -0.497 e. The number of likely N-dealkylation sites (tertiary alicyclic amines) is 1. The molecule has 30 heavy (non-hydrogen) atoms. The van der Waals surface area contributed by atoms with Crippen LogP contribution >= 0.6 is 0 Å². The van der Waals surface area contributed by atoms with Gasteiger partial charge in [0.15, 0.2) is 0 Å². The number of esters is 1. The number of fused-ring (bicyclic) bond motifs is 1. The maximum atomic E-state index is 13.1. The number of furan rings is 1. The van der Waals surface area contributed by atoms with Gasteiger partial charge in [0.1, 0.15) is 11.3 Å². The van der Waals surface area contributed by atoms with Gasteiger partial charge in [0.25, 0.3) is 5.91 Å². The third-order valence-electron chi connectivity index (χ3n) is 5.44. The van der Waals surface area contributed by atoms with E-state index in [-0.39, 0.29) is 12.3 Å². The number of benzene rings is 2. The van der Waals surface area contributed by atoms with Crippen molar-refractivity contribution >= 4 is 22.8 Å². The number of ether oxygens (including phenoxy) is 2. The van der Waals surface area contributed by atoms with Crippen LogP contribution in [-0.4, -0.2) is 37.0 Å². The highest BCUT2D eigenvalue weighted by atomic mass is 16.5. The zero-order chi connectivity index (χ0) is 20.9. The average molecular weight is 407 g/mol. The molecule has 0 spiro atoms. The molecular weight excluding hydrogens is 382 g/mol. The molecule has 2 heterocycles. The van der Waals surface area contributed by atoms with Gasteiger partial charge in [-0.25, -0.2) is 0 Å². The number of rotatable bonds is 6. The van der Waals surface area contributed by atoms with Gasteiger partial charge < -0.3 is 18.8 Å². The second-order valence-corrected chi connectivity index (χ2v) is 7.47. The van der Waals surface area contributed by atoms with Gasteiger partial charge in [0.2, 0.25) is 6.10 Å². The van der Waals surface area contributed by atoms with Crippen molar-refractivity contribution in [3.8, 4) is 5.75 Å². The van der Waals surface area contributed by atoms with E-state index in [4.69, 9.17) is 13.9 Å². The van der Waals surface area contributed by atoms with Crippen LogP contribution in [0.5, 0.6) is 5.75 Å². The van der Waals surface area contributed by atoms with E-state index >= 15 is 0 Å². The summed E-state index contributed by atoms with van der Waals surface area (Å²) in [6.45, 7) is 1.40. The van der Waals surface area contributed by atoms with Crippen LogP contribution in [0.1, 0.15) is 36.5 Å². The molecule has 156 valence electrons. The Morgan fingerprint density at radius 2 is 1.83 bits per heavy atom. The lowest BCUT2D eigenvalue weighted by atomic mass is 10.1. The van der Waals surface area contributed by atoms with Gasteiger partial charge in [-0.3, -0.25) is 9.59 Å². The quantitative estimate of drug-likeness (QED) is 0.571. The first-order chi connectivity index (χ1) is 14.7. The van der Waals surface area contributed by atoms with Crippen LogP contribution in [0.4, 0.5) is 0 Å². The number of hydrogen-bond donors (Lipinski definition) is 0. The molecule has 6 heteroatoms. The highest BCUT2D eigenvalue weighted by Crippen LogP contribution is 2.27. The van der Waals surface area contributed by atoms with E-state index in [0.29, 0.717) is 30.0 Å². The van der Waals surface area contributed by atoms with Crippen molar-refractivity contribution in [2.75, 3.05) is 20.2 Å². The van der Waals surface area contributed by atoms with Crippen molar-refractivity contribution in [3.05, 3.63) is 65.9 Å². The fourth-order valence-corrected chi connectivity index (χ4v) is 3.83. The zero-order valence-corrected chi connectivity index (χ0v) is 17.0. The van der Waals surface area contributed by atoms with Gasteiger partial charge in [-0.15, -0.1) is 0 Å². The van der Waals surface area contributed by atoms with E-state index in [1.165, 1.54) is 0 Å². The fourth-order valence-electron chi connectivity index (χ4n) is 3.83. The Balaban J connectivity index is 1.52. The van der Waals surface area contributed by atoms with E-state index in [1.807, 2.05) is 42.5 Å². The normalized spacial score (nSPS) is 15.0. The van der Waals surface area contributed by atoms with Crippen molar-refractivity contribution in [1.29, 1.82) is 0 Å². The van der Waals surface area contributed by atoms with Crippen LogP contribution in [0.25, 0.3) is 11.0 Å². The Morgan fingerprint density at radius 3 is 2.57 bits per heavy atom. The lowest BCUT2D eigenvalue weighted by molar-refractivity contribution is -0.160. The van der Waals surface area contributed by atoms with Crippen LogP contribution in [-0.2, 0) is 20.7 Å². The number of carbonyl (C=O) groups is 2. The number of carbonyl (C=O) groups excluding carboxylic acids is 2. The van der Waals surface area contributed by atoms with Crippen LogP contribution in [0, 0.1) is 0 Å². The molecule has 1 aliphatic rings. The summed E-state index contributed by atoms with van der Waals surface area (Å²) in [6, 6.07) is 14.6. The highest BCUT2D eigenvalue weighted by molar-refractivity contribution is 5.89. The third-order valence-corrected chi connectivity index (χ3v) is 5.44. The Labute approximate surface area is 175 Å². The molecular formula is C24H25NO5. The first kappa shape index (κ1) is 20.0. The van der Waals surface area contributed by atoms with Crippen LogP contribution in [0.3, 0.4) is 0 Å². The Hall–Kier alpha value is -3.28. The summed E-state index contributed by atoms with van der Waals surface area (Å²) in [4.78, 5) is 27.7. The van der Waals surface area contributed by atoms with Gasteiger partial charge in [-0.1, -0.05) is 30.3 Å². The van der Waals surface area contributed by atoms with Crippen molar-refractivity contribution in [3.63, 3.8) is 0 Å². The highest BCUT2D eigenvalue weighted by Gasteiger charge is 2.30. The molecule has 3 aromatic rings. The van der Waals surface area contributed by atoms with E-state index in [0.717, 1.165) is 30.2 Å². The molecule has 1 aliphatic heterocycles. The average Bonchev–Trinajstić information content (AvgIpc) is 3.20. The molecule has 1 amide bonds. The molecule has 1 aromatic heterocycles. The van der Waals surface area contributed by atoms with Crippen molar-refractivity contribution in [2.45, 2.75) is 31.8 Å². The monoisotopic (exact) mass is 407 g/mol. The number of nitrogens with zero attached hydrogens (tertiary/aromatic N) is 1. The van der Waals surface area contributed by atoms with Crippen molar-refractivity contribution < 1.29 is 23.5 Å². The second kappa shape index (κ2) is 9.03. The Bertz CT molecular complexity index is 1020. The third kappa shape index (κ3) is 4.32. The smallest absolute Gasteiger partial charge is 0.311 e. The molecule has 0 saturated carbocycles. The molecule has 1 atom stereocenters. The predicted octanol–water partition coefficient (Wildman–Crippen LogP) is 4.28. The molecule has 0 aliphatic carbocycles. The minimum absolute atomic E-state index is 0.0238. The predicted molar refractivity (Wildman–Crippen MR) is 112 cm³/mol. The summed E-state index contributed by atoms with van der Waals surface area (Å²) in [5.74, 6) is 0.0611. The molecule has 0 unspecified atom stereocenters. The first-order valence-electron chi connectivity index (χ1n) is 10.2. The lowest BCUT2D eigenvalue weighted by Crippen LogP contribution is -2.40. The van der Waals surface area contributed by atoms with E-state index < -0.39 is 12.1 Å². The van der Waals surface area contributed by atoms with Crippen LogP contribution < -0.4 is 4.74 Å². The number of amides is 1. The number of piperidine rings is 1. The second-order valence-electron chi connectivity index (χ2n) is 7.47. The van der Waals surface area contributed by atoms with Gasteiger partial charge in [-0.2, -0.15) is 0 Å². The molecule has 0 radical (unpaired) electrons. The van der Waals surface area contributed by atoms with E-state index in [9.17, 15) is 9.59 Å². The summed E-state index contributed by atoms with van der Waals surface area (Å²) in [5, 5.41) is 0.825. The van der Waals surface area contributed by atoms with Crippen molar-refractivity contribution in [1.82, 2.24) is 4.90 Å². The standard InChI is InChI=1S/C24H25NO5/c1-28-19-10-11-20-18(16-29-21(20)15-19)14-22(26)30-23(17-8-4-2-5-9-17)24(27)25-12-6-3-7-13-25/h2,4-5,8-11,15-16,23H,3,6-7,12-14H2,1H3/t23-/m0/s1. The minimum atomic E-state index is -0.935. The summed E-state index contributed by atoms with van der Waals surface area (Å²) < 4.78 is 16.5. The van der Waals surface area contributed by atoms with Gasteiger partial charge >= 0.3 is 5.97 Å². The number of methoxy groups -OCH3 is 1. The lowest BCUT2D eigenvalue weighted by Gasteiger charge is -2.30. The summed E-state index contributed by atoms with van der Waals surface area (Å²) in [6.07, 6.45) is 3.72. The maximum absolute atomic E-state index is 13.1. The van der Waals surface area contributed by atoms with Gasteiger partial charge in [0, 0.05) is 35.7 Å². The molecule has 0 N–H and O–H groups in total. The Kier molecular flexibility index (Phi) is 6.02. The summed E-state index contributed by atoms with van der Waals surface area (Å²) in [7, 11) is 1.59. The van der Waals surface area contributed by atoms with Crippen LogP contribution in [0.15, 0.2) is 59.2 Å².